The molecule has 2 aromatic rings. The molecule has 0 amide bonds. The number of nitrogens with zero attached hydrogens (tertiary/aromatic N) is 1. The summed E-state index contributed by atoms with van der Waals surface area (Å²) in [6.07, 6.45) is 0. The third-order valence-corrected chi connectivity index (χ3v) is 2.78. The molecule has 0 unspecified atom stereocenters. The average molecular weight is 235 g/mol. The van der Waals surface area contributed by atoms with Crippen molar-refractivity contribution in [2.45, 2.75) is 46.0 Å². The Labute approximate surface area is 101 Å². The minimum Gasteiger partial charge on any atom is -0.440 e. The van der Waals surface area contributed by atoms with Crippen LogP contribution in [0.3, 0.4) is 0 Å². The predicted molar refractivity (Wildman–Crippen MR) is 66.8 cm³/mol. The highest BCUT2D eigenvalue weighted by Gasteiger charge is 2.22. The molecule has 0 radical (unpaired) electrons. The van der Waals surface area contributed by atoms with Crippen molar-refractivity contribution in [1.29, 1.82) is 0 Å². The van der Waals surface area contributed by atoms with E-state index in [4.69, 9.17) is 4.42 Å². The van der Waals surface area contributed by atoms with E-state index in [9.17, 15) is 4.39 Å². The molecule has 0 N–H and O–H groups in total. The first-order valence-electron chi connectivity index (χ1n) is 5.89. The quantitative estimate of drug-likeness (QED) is 0.732. The van der Waals surface area contributed by atoms with Crippen molar-refractivity contribution in [2.75, 3.05) is 0 Å². The van der Waals surface area contributed by atoms with E-state index < -0.39 is 0 Å². The highest BCUT2D eigenvalue weighted by molar-refractivity contribution is 5.74. The Morgan fingerprint density at radius 2 is 1.88 bits per heavy atom. The van der Waals surface area contributed by atoms with E-state index in [0.29, 0.717) is 17.0 Å². The van der Waals surface area contributed by atoms with Gasteiger partial charge in [0.2, 0.25) is 5.89 Å². The molecule has 3 heteroatoms. The Bertz CT molecular complexity index is 549. The number of hydrogen-bond acceptors (Lipinski definition) is 2. The van der Waals surface area contributed by atoms with Gasteiger partial charge in [-0.1, -0.05) is 34.6 Å². The number of fused-ring (bicyclic) bond motifs is 1. The van der Waals surface area contributed by atoms with Crippen molar-refractivity contribution >= 4 is 11.1 Å². The lowest BCUT2D eigenvalue weighted by Crippen LogP contribution is -2.11. The van der Waals surface area contributed by atoms with Crippen molar-refractivity contribution in [1.82, 2.24) is 4.98 Å². The van der Waals surface area contributed by atoms with E-state index in [0.717, 1.165) is 5.56 Å². The van der Waals surface area contributed by atoms with Crippen LogP contribution in [0.15, 0.2) is 16.5 Å². The minimum atomic E-state index is -0.301. The Kier molecular flexibility index (Phi) is 2.72. The SMILES string of the molecule is CC(C)c1cc(F)c2nc(C(C)(C)C)oc2c1. The minimum absolute atomic E-state index is 0.205. The summed E-state index contributed by atoms with van der Waals surface area (Å²) >= 11 is 0. The molecule has 0 spiro atoms. The molecule has 0 saturated carbocycles. The summed E-state index contributed by atoms with van der Waals surface area (Å²) < 4.78 is 19.5. The van der Waals surface area contributed by atoms with Crippen LogP contribution in [0.4, 0.5) is 4.39 Å². The summed E-state index contributed by atoms with van der Waals surface area (Å²) in [5.41, 5.74) is 1.60. The van der Waals surface area contributed by atoms with E-state index in [1.165, 1.54) is 0 Å². The van der Waals surface area contributed by atoms with Gasteiger partial charge in [0.1, 0.15) is 5.52 Å². The average Bonchev–Trinajstić information content (AvgIpc) is 2.60. The zero-order valence-electron chi connectivity index (χ0n) is 11.0. The molecule has 17 heavy (non-hydrogen) atoms. The molecule has 2 nitrogen and oxygen atoms in total. The fourth-order valence-electron chi connectivity index (χ4n) is 1.66. The summed E-state index contributed by atoms with van der Waals surface area (Å²) in [5, 5.41) is 0. The fraction of sp³-hybridized carbons (Fsp3) is 0.500. The number of oxazole rings is 1. The zero-order chi connectivity index (χ0) is 12.8. The maximum Gasteiger partial charge on any atom is 0.200 e. The topological polar surface area (TPSA) is 26.0 Å². The van der Waals surface area contributed by atoms with Crippen molar-refractivity contribution in [3.8, 4) is 0 Å². The smallest absolute Gasteiger partial charge is 0.200 e. The molecule has 0 fully saturated rings. The normalized spacial score (nSPS) is 12.6. The van der Waals surface area contributed by atoms with Gasteiger partial charge in [-0.15, -0.1) is 0 Å². The highest BCUT2D eigenvalue weighted by Crippen LogP contribution is 2.29. The van der Waals surface area contributed by atoms with Gasteiger partial charge in [-0.3, -0.25) is 0 Å². The first kappa shape index (κ1) is 12.1. The lowest BCUT2D eigenvalue weighted by molar-refractivity contribution is 0.410. The molecule has 92 valence electrons. The monoisotopic (exact) mass is 235 g/mol. The fourth-order valence-corrected chi connectivity index (χ4v) is 1.66. The third kappa shape index (κ3) is 2.19. The van der Waals surface area contributed by atoms with Crippen molar-refractivity contribution in [3.05, 3.63) is 29.4 Å². The molecule has 0 saturated heterocycles. The summed E-state index contributed by atoms with van der Waals surface area (Å²) in [6.45, 7) is 10.1. The summed E-state index contributed by atoms with van der Waals surface area (Å²) in [7, 11) is 0. The third-order valence-electron chi connectivity index (χ3n) is 2.78. The van der Waals surface area contributed by atoms with Gasteiger partial charge in [-0.2, -0.15) is 0 Å². The summed E-state index contributed by atoms with van der Waals surface area (Å²) in [5.74, 6) is 0.551. The van der Waals surface area contributed by atoms with Crippen LogP contribution < -0.4 is 0 Å². The van der Waals surface area contributed by atoms with E-state index in [2.05, 4.69) is 4.98 Å². The second-order valence-electron chi connectivity index (χ2n) is 5.77. The second-order valence-corrected chi connectivity index (χ2v) is 5.77. The highest BCUT2D eigenvalue weighted by atomic mass is 19.1. The number of benzene rings is 1. The zero-order valence-corrected chi connectivity index (χ0v) is 11.0. The maximum atomic E-state index is 13.9. The van der Waals surface area contributed by atoms with Gasteiger partial charge in [0, 0.05) is 5.41 Å². The standard InChI is InChI=1S/C14H18FNO/c1-8(2)9-6-10(15)12-11(7-9)17-13(16-12)14(3,4)5/h6-8H,1-5H3. The largest absolute Gasteiger partial charge is 0.440 e. The Hall–Kier alpha value is -1.38. The molecular weight excluding hydrogens is 217 g/mol. The molecule has 1 aromatic carbocycles. The first-order chi connectivity index (χ1) is 7.79. The van der Waals surface area contributed by atoms with E-state index >= 15 is 0 Å². The van der Waals surface area contributed by atoms with Gasteiger partial charge in [0.15, 0.2) is 11.4 Å². The molecule has 0 aliphatic heterocycles. The van der Waals surface area contributed by atoms with E-state index in [-0.39, 0.29) is 17.2 Å². The van der Waals surface area contributed by atoms with Crippen LogP contribution in [0.25, 0.3) is 11.1 Å². The lowest BCUT2D eigenvalue weighted by atomic mass is 9.97. The van der Waals surface area contributed by atoms with Crippen molar-refractivity contribution in [2.24, 2.45) is 0 Å². The van der Waals surface area contributed by atoms with E-state index in [1.54, 1.807) is 6.07 Å². The molecule has 0 aliphatic carbocycles. The number of aromatic nitrogens is 1. The number of hydrogen-bond donors (Lipinski definition) is 0. The van der Waals surface area contributed by atoms with Gasteiger partial charge in [0.25, 0.3) is 0 Å². The maximum absolute atomic E-state index is 13.9. The van der Waals surface area contributed by atoms with Crippen LogP contribution in [0.2, 0.25) is 0 Å². The summed E-state index contributed by atoms with van der Waals surface area (Å²) in [6, 6.07) is 3.42. The lowest BCUT2D eigenvalue weighted by Gasteiger charge is -2.11. The summed E-state index contributed by atoms with van der Waals surface area (Å²) in [4.78, 5) is 4.24. The van der Waals surface area contributed by atoms with Gasteiger partial charge in [0.05, 0.1) is 0 Å². The molecule has 2 rings (SSSR count). The molecule has 1 heterocycles. The Morgan fingerprint density at radius 3 is 2.41 bits per heavy atom. The van der Waals surface area contributed by atoms with E-state index in [1.807, 2.05) is 40.7 Å². The number of halogens is 1. The van der Waals surface area contributed by atoms with Crippen LogP contribution in [0.5, 0.6) is 0 Å². The first-order valence-corrected chi connectivity index (χ1v) is 5.89. The van der Waals surface area contributed by atoms with Gasteiger partial charge >= 0.3 is 0 Å². The van der Waals surface area contributed by atoms with Gasteiger partial charge < -0.3 is 4.42 Å². The second kappa shape index (κ2) is 3.83. The predicted octanol–water partition coefficient (Wildman–Crippen LogP) is 4.39. The number of rotatable bonds is 1. The van der Waals surface area contributed by atoms with Gasteiger partial charge in [-0.25, -0.2) is 9.37 Å². The van der Waals surface area contributed by atoms with Crippen LogP contribution in [0, 0.1) is 5.82 Å². The Morgan fingerprint density at radius 1 is 1.24 bits per heavy atom. The molecule has 0 atom stereocenters. The molecule has 0 aliphatic rings. The van der Waals surface area contributed by atoms with Crippen molar-refractivity contribution < 1.29 is 8.81 Å². The molecule has 0 bridgehead atoms. The van der Waals surface area contributed by atoms with Crippen LogP contribution in [0.1, 0.15) is 52.0 Å². The molecule has 1 aromatic heterocycles. The Balaban J connectivity index is 2.65. The van der Waals surface area contributed by atoms with Gasteiger partial charge in [-0.05, 0) is 23.6 Å². The molecular formula is C14H18FNO. The van der Waals surface area contributed by atoms with Crippen LogP contribution >= 0.6 is 0 Å². The van der Waals surface area contributed by atoms with Crippen LogP contribution in [-0.2, 0) is 5.41 Å². The van der Waals surface area contributed by atoms with Crippen LogP contribution in [-0.4, -0.2) is 4.98 Å². The van der Waals surface area contributed by atoms with Crippen molar-refractivity contribution in [3.63, 3.8) is 0 Å².